The Morgan fingerprint density at radius 1 is 1.26 bits per heavy atom. The van der Waals surface area contributed by atoms with Gasteiger partial charge >= 0.3 is 0 Å². The highest BCUT2D eigenvalue weighted by atomic mass is 32.2. The van der Waals surface area contributed by atoms with E-state index in [-0.39, 0.29) is 11.3 Å². The molecule has 0 aromatic heterocycles. The maximum absolute atomic E-state index is 13.6. The van der Waals surface area contributed by atoms with Crippen molar-refractivity contribution in [3.63, 3.8) is 0 Å². The lowest BCUT2D eigenvalue weighted by atomic mass is 10.1. The number of anilines is 1. The monoisotopic (exact) mass is 274 g/mol. The van der Waals surface area contributed by atoms with Crippen molar-refractivity contribution in [3.05, 3.63) is 59.4 Å². The molecule has 0 bridgehead atoms. The Bertz CT molecular complexity index is 679. The van der Waals surface area contributed by atoms with Gasteiger partial charge in [-0.1, -0.05) is 6.07 Å². The molecule has 1 atom stereocenters. The zero-order valence-electron chi connectivity index (χ0n) is 9.97. The summed E-state index contributed by atoms with van der Waals surface area (Å²) in [6.45, 7) is 0. The summed E-state index contributed by atoms with van der Waals surface area (Å²) in [4.78, 5) is 0.543. The number of nitrogens with two attached hydrogens (primary N) is 1. The van der Waals surface area contributed by atoms with Gasteiger partial charge < -0.3 is 5.73 Å². The first-order valence-electron chi connectivity index (χ1n) is 5.52. The third-order valence-electron chi connectivity index (χ3n) is 2.58. The van der Waals surface area contributed by atoms with E-state index in [0.29, 0.717) is 16.1 Å². The van der Waals surface area contributed by atoms with E-state index >= 15 is 0 Å². The molecule has 96 valence electrons. The summed E-state index contributed by atoms with van der Waals surface area (Å²) in [5.74, 6) is -0.443. The highest BCUT2D eigenvalue weighted by molar-refractivity contribution is 7.84. The van der Waals surface area contributed by atoms with E-state index in [1.54, 1.807) is 24.3 Å². The second-order valence-electron chi connectivity index (χ2n) is 3.98. The van der Waals surface area contributed by atoms with Gasteiger partial charge in [-0.15, -0.1) is 0 Å². The van der Waals surface area contributed by atoms with Gasteiger partial charge in [-0.2, -0.15) is 5.26 Å². The SMILES string of the molecule is N#Cc1ccc(F)c(CS(=O)c2cccc(N)c2)c1. The molecule has 19 heavy (non-hydrogen) atoms. The minimum Gasteiger partial charge on any atom is -0.399 e. The van der Waals surface area contributed by atoms with Crippen LogP contribution in [-0.2, 0) is 16.6 Å². The van der Waals surface area contributed by atoms with Gasteiger partial charge in [0, 0.05) is 16.1 Å². The summed E-state index contributed by atoms with van der Waals surface area (Å²) < 4.78 is 25.7. The molecule has 3 nitrogen and oxygen atoms in total. The average Bonchev–Trinajstić information content (AvgIpc) is 2.41. The quantitative estimate of drug-likeness (QED) is 0.875. The third kappa shape index (κ3) is 3.18. The largest absolute Gasteiger partial charge is 0.399 e. The van der Waals surface area contributed by atoms with E-state index in [2.05, 4.69) is 0 Å². The topological polar surface area (TPSA) is 66.9 Å². The van der Waals surface area contributed by atoms with Crippen molar-refractivity contribution in [2.24, 2.45) is 0 Å². The van der Waals surface area contributed by atoms with E-state index in [0.717, 1.165) is 0 Å². The molecule has 0 radical (unpaired) electrons. The van der Waals surface area contributed by atoms with E-state index < -0.39 is 16.6 Å². The van der Waals surface area contributed by atoms with Crippen molar-refractivity contribution in [3.8, 4) is 6.07 Å². The molecule has 0 spiro atoms. The number of nitriles is 1. The molecule has 0 aliphatic rings. The van der Waals surface area contributed by atoms with E-state index in [1.807, 2.05) is 6.07 Å². The molecule has 0 amide bonds. The molecule has 2 rings (SSSR count). The van der Waals surface area contributed by atoms with Crippen LogP contribution in [0.1, 0.15) is 11.1 Å². The first kappa shape index (κ1) is 13.2. The fourth-order valence-electron chi connectivity index (χ4n) is 1.64. The molecule has 1 unspecified atom stereocenters. The fourth-order valence-corrected chi connectivity index (χ4v) is 2.80. The van der Waals surface area contributed by atoms with Gasteiger partial charge in [-0.3, -0.25) is 4.21 Å². The highest BCUT2D eigenvalue weighted by Crippen LogP contribution is 2.18. The number of benzene rings is 2. The predicted octanol–water partition coefficient (Wildman–Crippen LogP) is 2.59. The standard InChI is InChI=1S/C14H11FN2OS/c15-14-5-4-10(8-16)6-11(14)9-19(18)13-3-1-2-12(17)7-13/h1-7H,9,17H2. The minimum atomic E-state index is -1.39. The molecule has 5 heteroatoms. The Hall–Kier alpha value is -2.19. The Morgan fingerprint density at radius 2 is 2.05 bits per heavy atom. The van der Waals surface area contributed by atoms with Crippen LogP contribution >= 0.6 is 0 Å². The number of nitrogens with zero attached hydrogens (tertiary/aromatic N) is 1. The summed E-state index contributed by atoms with van der Waals surface area (Å²) in [7, 11) is -1.39. The summed E-state index contributed by atoms with van der Waals surface area (Å²) in [5, 5.41) is 8.78. The van der Waals surface area contributed by atoms with Gasteiger partial charge in [0.1, 0.15) is 5.82 Å². The van der Waals surface area contributed by atoms with Gasteiger partial charge in [0.25, 0.3) is 0 Å². The maximum atomic E-state index is 13.6. The van der Waals surface area contributed by atoms with Gasteiger partial charge in [0.15, 0.2) is 0 Å². The van der Waals surface area contributed by atoms with E-state index in [1.165, 1.54) is 18.2 Å². The lowest BCUT2D eigenvalue weighted by molar-refractivity contribution is 0.615. The number of hydrogen-bond donors (Lipinski definition) is 1. The van der Waals surface area contributed by atoms with Gasteiger partial charge in [0.2, 0.25) is 0 Å². The van der Waals surface area contributed by atoms with E-state index in [9.17, 15) is 8.60 Å². The Morgan fingerprint density at radius 3 is 2.74 bits per heavy atom. The predicted molar refractivity (Wildman–Crippen MR) is 72.1 cm³/mol. The molecular formula is C14H11FN2OS. The summed E-state index contributed by atoms with van der Waals surface area (Å²) >= 11 is 0. The second kappa shape index (κ2) is 5.63. The molecule has 0 fully saturated rings. The van der Waals surface area contributed by atoms with Crippen LogP contribution in [0.25, 0.3) is 0 Å². The number of halogens is 1. The van der Waals surface area contributed by atoms with Crippen LogP contribution in [0.5, 0.6) is 0 Å². The maximum Gasteiger partial charge on any atom is 0.127 e. The van der Waals surface area contributed by atoms with Crippen LogP contribution < -0.4 is 5.73 Å². The lowest BCUT2D eigenvalue weighted by Gasteiger charge is -2.05. The summed E-state index contributed by atoms with van der Waals surface area (Å²) in [5.41, 5.74) is 6.74. The van der Waals surface area contributed by atoms with Crippen LogP contribution in [0.4, 0.5) is 10.1 Å². The first-order valence-corrected chi connectivity index (χ1v) is 6.84. The molecular weight excluding hydrogens is 263 g/mol. The molecule has 0 heterocycles. The Labute approximate surface area is 112 Å². The van der Waals surface area contributed by atoms with Gasteiger partial charge in [-0.05, 0) is 36.4 Å². The van der Waals surface area contributed by atoms with Crippen molar-refractivity contribution < 1.29 is 8.60 Å². The molecule has 0 aliphatic carbocycles. The molecule has 2 N–H and O–H groups in total. The molecule has 2 aromatic rings. The molecule has 0 saturated heterocycles. The lowest BCUT2D eigenvalue weighted by Crippen LogP contribution is -2.00. The fraction of sp³-hybridized carbons (Fsp3) is 0.0714. The Kier molecular flexibility index (Phi) is 3.93. The highest BCUT2D eigenvalue weighted by Gasteiger charge is 2.10. The minimum absolute atomic E-state index is 0.0187. The smallest absolute Gasteiger partial charge is 0.127 e. The van der Waals surface area contributed by atoms with Crippen LogP contribution in [0, 0.1) is 17.1 Å². The first-order chi connectivity index (χ1) is 9.10. The Balaban J connectivity index is 2.27. The van der Waals surface area contributed by atoms with Gasteiger partial charge in [-0.25, -0.2) is 4.39 Å². The third-order valence-corrected chi connectivity index (χ3v) is 3.94. The van der Waals surface area contributed by atoms with Crippen LogP contribution in [-0.4, -0.2) is 4.21 Å². The molecule has 2 aromatic carbocycles. The number of rotatable bonds is 3. The normalized spacial score (nSPS) is 11.8. The zero-order valence-corrected chi connectivity index (χ0v) is 10.8. The van der Waals surface area contributed by atoms with Crippen molar-refractivity contribution in [2.45, 2.75) is 10.6 Å². The molecule has 0 saturated carbocycles. The van der Waals surface area contributed by atoms with Crippen molar-refractivity contribution in [1.82, 2.24) is 0 Å². The summed E-state index contributed by atoms with van der Waals surface area (Å²) in [6.07, 6.45) is 0. The van der Waals surface area contributed by atoms with Crippen LogP contribution in [0.2, 0.25) is 0 Å². The number of hydrogen-bond acceptors (Lipinski definition) is 3. The van der Waals surface area contributed by atoms with E-state index in [4.69, 9.17) is 11.0 Å². The van der Waals surface area contributed by atoms with Crippen LogP contribution in [0.3, 0.4) is 0 Å². The zero-order chi connectivity index (χ0) is 13.8. The van der Waals surface area contributed by atoms with Crippen LogP contribution in [0.15, 0.2) is 47.4 Å². The van der Waals surface area contributed by atoms with Crippen molar-refractivity contribution >= 4 is 16.5 Å². The number of nitrogen functional groups attached to an aromatic ring is 1. The van der Waals surface area contributed by atoms with Crippen molar-refractivity contribution in [2.75, 3.05) is 5.73 Å². The summed E-state index contributed by atoms with van der Waals surface area (Å²) in [6, 6.07) is 12.6. The van der Waals surface area contributed by atoms with Gasteiger partial charge in [0.05, 0.1) is 28.2 Å². The molecule has 0 aliphatic heterocycles. The van der Waals surface area contributed by atoms with Crippen molar-refractivity contribution in [1.29, 1.82) is 5.26 Å². The second-order valence-corrected chi connectivity index (χ2v) is 5.43. The average molecular weight is 274 g/mol.